The van der Waals surface area contributed by atoms with Crippen molar-refractivity contribution in [3.05, 3.63) is 47.0 Å². The molecule has 1 heterocycles. The Hall–Kier alpha value is -2.10. The number of ether oxygens (including phenoxy) is 1. The van der Waals surface area contributed by atoms with Gasteiger partial charge in [0, 0.05) is 24.2 Å². The number of hydrogen-bond acceptors (Lipinski definition) is 3. The van der Waals surface area contributed by atoms with E-state index in [4.69, 9.17) is 0 Å². The third kappa shape index (κ3) is 2.84. The van der Waals surface area contributed by atoms with E-state index in [2.05, 4.69) is 4.74 Å². The first kappa shape index (κ1) is 13.3. The van der Waals surface area contributed by atoms with Gasteiger partial charge in [0.05, 0.1) is 7.11 Å². The van der Waals surface area contributed by atoms with Crippen LogP contribution in [-0.4, -0.2) is 37.0 Å². The van der Waals surface area contributed by atoms with Gasteiger partial charge >= 0.3 is 5.97 Å². The van der Waals surface area contributed by atoms with E-state index in [-0.39, 0.29) is 11.9 Å². The lowest BCUT2D eigenvalue weighted by Crippen LogP contribution is -2.37. The molecule has 4 heteroatoms. The molecule has 0 fully saturated rings. The van der Waals surface area contributed by atoms with Crippen LogP contribution in [0.15, 0.2) is 35.9 Å². The minimum atomic E-state index is -0.357. The molecule has 1 amide bonds. The van der Waals surface area contributed by atoms with Gasteiger partial charge in [0.15, 0.2) is 0 Å². The molecule has 100 valence electrons. The molecule has 0 N–H and O–H groups in total. The standard InChI is InChI=1S/C15H17NO3/c1-11(15(18)19-2)7-9-16-10-8-12-5-3-4-6-13(12)14(16)17/h3-7H,8-10H2,1-2H3. The largest absolute Gasteiger partial charge is 0.466 e. The number of fused-ring (bicyclic) bond motifs is 1. The summed E-state index contributed by atoms with van der Waals surface area (Å²) in [6.45, 7) is 2.81. The van der Waals surface area contributed by atoms with Crippen molar-refractivity contribution in [1.29, 1.82) is 0 Å². The summed E-state index contributed by atoms with van der Waals surface area (Å²) in [5, 5.41) is 0. The monoisotopic (exact) mass is 259 g/mol. The molecule has 0 aliphatic carbocycles. The van der Waals surface area contributed by atoms with E-state index in [9.17, 15) is 9.59 Å². The molecule has 0 atom stereocenters. The predicted molar refractivity (Wildman–Crippen MR) is 71.8 cm³/mol. The summed E-state index contributed by atoms with van der Waals surface area (Å²) in [6, 6.07) is 7.65. The zero-order chi connectivity index (χ0) is 13.8. The average Bonchev–Trinajstić information content (AvgIpc) is 2.45. The fourth-order valence-electron chi connectivity index (χ4n) is 2.14. The van der Waals surface area contributed by atoms with Gasteiger partial charge in [-0.25, -0.2) is 4.79 Å². The Balaban J connectivity index is 2.09. The first-order chi connectivity index (χ1) is 9.13. The van der Waals surface area contributed by atoms with Crippen molar-refractivity contribution in [2.75, 3.05) is 20.2 Å². The zero-order valence-corrected chi connectivity index (χ0v) is 11.2. The fraction of sp³-hybridized carbons (Fsp3) is 0.333. The predicted octanol–water partition coefficient (Wildman–Crippen LogP) is 1.80. The number of esters is 1. The van der Waals surface area contributed by atoms with Crippen LogP contribution in [0, 0.1) is 0 Å². The normalized spacial score (nSPS) is 15.2. The van der Waals surface area contributed by atoms with E-state index in [1.165, 1.54) is 7.11 Å². The van der Waals surface area contributed by atoms with Crippen molar-refractivity contribution in [3.8, 4) is 0 Å². The topological polar surface area (TPSA) is 46.6 Å². The smallest absolute Gasteiger partial charge is 0.333 e. The number of rotatable bonds is 3. The van der Waals surface area contributed by atoms with Gasteiger partial charge in [-0.3, -0.25) is 4.79 Å². The van der Waals surface area contributed by atoms with Crippen LogP contribution in [0.4, 0.5) is 0 Å². The van der Waals surface area contributed by atoms with Gasteiger partial charge in [0.1, 0.15) is 0 Å². The van der Waals surface area contributed by atoms with Crippen LogP contribution < -0.4 is 0 Å². The molecule has 0 radical (unpaired) electrons. The first-order valence-corrected chi connectivity index (χ1v) is 6.25. The van der Waals surface area contributed by atoms with Crippen molar-refractivity contribution in [3.63, 3.8) is 0 Å². The van der Waals surface area contributed by atoms with E-state index in [1.54, 1.807) is 17.9 Å². The lowest BCUT2D eigenvalue weighted by atomic mass is 9.99. The Kier molecular flexibility index (Phi) is 4.00. The van der Waals surface area contributed by atoms with Crippen LogP contribution in [0.2, 0.25) is 0 Å². The number of hydrogen-bond donors (Lipinski definition) is 0. The van der Waals surface area contributed by atoms with Gasteiger partial charge in [-0.2, -0.15) is 0 Å². The van der Waals surface area contributed by atoms with Crippen molar-refractivity contribution < 1.29 is 14.3 Å². The average molecular weight is 259 g/mol. The second kappa shape index (κ2) is 5.69. The highest BCUT2D eigenvalue weighted by molar-refractivity contribution is 5.97. The molecular formula is C15H17NO3. The Labute approximate surface area is 112 Å². The van der Waals surface area contributed by atoms with E-state index >= 15 is 0 Å². The van der Waals surface area contributed by atoms with Gasteiger partial charge in [0.2, 0.25) is 0 Å². The maximum atomic E-state index is 12.2. The summed E-state index contributed by atoms with van der Waals surface area (Å²) in [4.78, 5) is 25.3. The maximum absolute atomic E-state index is 12.2. The Morgan fingerprint density at radius 1 is 1.42 bits per heavy atom. The van der Waals surface area contributed by atoms with Crippen molar-refractivity contribution >= 4 is 11.9 Å². The van der Waals surface area contributed by atoms with Crippen LogP contribution in [0.1, 0.15) is 22.8 Å². The van der Waals surface area contributed by atoms with E-state index in [0.717, 1.165) is 17.5 Å². The van der Waals surface area contributed by atoms with Gasteiger partial charge in [-0.05, 0) is 25.0 Å². The molecular weight excluding hydrogens is 242 g/mol. The molecule has 19 heavy (non-hydrogen) atoms. The van der Waals surface area contributed by atoms with Gasteiger partial charge in [-0.15, -0.1) is 0 Å². The minimum absolute atomic E-state index is 0.0239. The third-order valence-corrected chi connectivity index (χ3v) is 3.31. The molecule has 0 bridgehead atoms. The summed E-state index contributed by atoms with van der Waals surface area (Å²) >= 11 is 0. The Morgan fingerprint density at radius 2 is 2.16 bits per heavy atom. The summed E-state index contributed by atoms with van der Waals surface area (Å²) in [6.07, 6.45) is 2.59. The highest BCUT2D eigenvalue weighted by Crippen LogP contribution is 2.18. The quantitative estimate of drug-likeness (QED) is 0.614. The number of methoxy groups -OCH3 is 1. The molecule has 1 aliphatic heterocycles. The Bertz CT molecular complexity index is 534. The van der Waals surface area contributed by atoms with Gasteiger partial charge < -0.3 is 9.64 Å². The number of carbonyl (C=O) groups excluding carboxylic acids is 2. The molecule has 0 aromatic heterocycles. The van der Waals surface area contributed by atoms with Gasteiger partial charge in [-0.1, -0.05) is 24.3 Å². The summed E-state index contributed by atoms with van der Waals surface area (Å²) in [5.41, 5.74) is 2.38. The highest BCUT2D eigenvalue weighted by atomic mass is 16.5. The summed E-state index contributed by atoms with van der Waals surface area (Å²) in [7, 11) is 1.35. The molecule has 1 aliphatic rings. The molecule has 2 rings (SSSR count). The molecule has 1 aromatic carbocycles. The SMILES string of the molecule is COC(=O)C(C)=CCN1CCc2ccccc2C1=O. The zero-order valence-electron chi connectivity index (χ0n) is 11.2. The molecule has 0 saturated carbocycles. The highest BCUT2D eigenvalue weighted by Gasteiger charge is 2.22. The molecule has 0 saturated heterocycles. The maximum Gasteiger partial charge on any atom is 0.333 e. The molecule has 1 aromatic rings. The van der Waals surface area contributed by atoms with Crippen molar-refractivity contribution in [2.45, 2.75) is 13.3 Å². The number of nitrogens with zero attached hydrogens (tertiary/aromatic N) is 1. The van der Waals surface area contributed by atoms with E-state index < -0.39 is 0 Å². The molecule has 0 spiro atoms. The molecule has 4 nitrogen and oxygen atoms in total. The van der Waals surface area contributed by atoms with Crippen LogP contribution in [-0.2, 0) is 16.0 Å². The van der Waals surface area contributed by atoms with Crippen LogP contribution in [0.3, 0.4) is 0 Å². The number of amides is 1. The number of benzene rings is 1. The summed E-state index contributed by atoms with van der Waals surface area (Å²) in [5.74, 6) is -0.333. The van der Waals surface area contributed by atoms with Crippen LogP contribution in [0.25, 0.3) is 0 Å². The van der Waals surface area contributed by atoms with E-state index in [0.29, 0.717) is 18.7 Å². The first-order valence-electron chi connectivity index (χ1n) is 6.25. The molecule has 0 unspecified atom stereocenters. The second-order valence-electron chi connectivity index (χ2n) is 4.54. The van der Waals surface area contributed by atoms with Crippen LogP contribution >= 0.6 is 0 Å². The summed E-state index contributed by atoms with van der Waals surface area (Å²) < 4.78 is 4.62. The fourth-order valence-corrected chi connectivity index (χ4v) is 2.14. The van der Waals surface area contributed by atoms with Gasteiger partial charge in [0.25, 0.3) is 5.91 Å². The van der Waals surface area contributed by atoms with E-state index in [1.807, 2.05) is 24.3 Å². The third-order valence-electron chi connectivity index (χ3n) is 3.31. The lowest BCUT2D eigenvalue weighted by molar-refractivity contribution is -0.136. The second-order valence-corrected chi connectivity index (χ2v) is 4.54. The minimum Gasteiger partial charge on any atom is -0.466 e. The Morgan fingerprint density at radius 3 is 2.89 bits per heavy atom. The van der Waals surface area contributed by atoms with Crippen LogP contribution in [0.5, 0.6) is 0 Å². The number of carbonyl (C=O) groups is 2. The lowest BCUT2D eigenvalue weighted by Gasteiger charge is -2.27. The van der Waals surface area contributed by atoms with Crippen molar-refractivity contribution in [1.82, 2.24) is 4.90 Å². The van der Waals surface area contributed by atoms with Crippen molar-refractivity contribution in [2.24, 2.45) is 0 Å².